The van der Waals surface area contributed by atoms with E-state index in [-0.39, 0.29) is 10.8 Å². The molecule has 28 heavy (non-hydrogen) atoms. The molecule has 0 spiro atoms. The number of rotatable bonds is 8. The van der Waals surface area contributed by atoms with E-state index in [1.807, 2.05) is 0 Å². The lowest BCUT2D eigenvalue weighted by atomic mass is 10.0. The number of carbonyl (C=O) groups excluding carboxylic acids is 1. The number of amides is 1. The number of carbonyl (C=O) groups is 1. The number of nitrogens with one attached hydrogen (secondary N) is 2. The number of ether oxygens (including phenoxy) is 1. The summed E-state index contributed by atoms with van der Waals surface area (Å²) in [7, 11) is -2.33. The van der Waals surface area contributed by atoms with Crippen LogP contribution < -0.4 is 14.8 Å². The second kappa shape index (κ2) is 9.10. The van der Waals surface area contributed by atoms with Gasteiger partial charge in [0, 0.05) is 12.1 Å². The molecule has 0 unspecified atom stereocenters. The van der Waals surface area contributed by atoms with Gasteiger partial charge in [0.2, 0.25) is 5.91 Å². The molecule has 0 aromatic heterocycles. The summed E-state index contributed by atoms with van der Waals surface area (Å²) in [6.07, 6.45) is 6.27. The maximum atomic E-state index is 12.7. The normalized spacial score (nSPS) is 14.6. The van der Waals surface area contributed by atoms with Crippen LogP contribution in [0.1, 0.15) is 38.5 Å². The number of para-hydroxylation sites is 2. The third kappa shape index (κ3) is 5.25. The average Bonchev–Trinajstić information content (AvgIpc) is 3.20. The lowest BCUT2D eigenvalue weighted by Gasteiger charge is -2.13. The van der Waals surface area contributed by atoms with Crippen molar-refractivity contribution < 1.29 is 17.9 Å². The molecule has 6 nitrogen and oxygen atoms in total. The third-order valence-corrected chi connectivity index (χ3v) is 6.40. The highest BCUT2D eigenvalue weighted by Crippen LogP contribution is 2.29. The Kier molecular flexibility index (Phi) is 6.57. The van der Waals surface area contributed by atoms with Crippen molar-refractivity contribution in [1.82, 2.24) is 0 Å². The minimum Gasteiger partial charge on any atom is -0.495 e. The van der Waals surface area contributed by atoms with Crippen molar-refractivity contribution in [2.75, 3.05) is 17.1 Å². The molecule has 0 radical (unpaired) electrons. The van der Waals surface area contributed by atoms with E-state index in [0.29, 0.717) is 29.5 Å². The number of benzene rings is 2. The van der Waals surface area contributed by atoms with Crippen LogP contribution in [0.15, 0.2) is 53.4 Å². The Labute approximate surface area is 166 Å². The molecule has 1 saturated carbocycles. The average molecular weight is 403 g/mol. The van der Waals surface area contributed by atoms with Crippen LogP contribution in [0.25, 0.3) is 0 Å². The molecule has 1 aliphatic carbocycles. The maximum absolute atomic E-state index is 12.7. The predicted octanol–water partition coefficient (Wildman–Crippen LogP) is 4.40. The zero-order chi connectivity index (χ0) is 20.0. The molecule has 0 aliphatic heterocycles. The van der Waals surface area contributed by atoms with Crippen molar-refractivity contribution in [2.24, 2.45) is 5.92 Å². The van der Waals surface area contributed by atoms with E-state index in [2.05, 4.69) is 10.0 Å². The van der Waals surface area contributed by atoms with Crippen LogP contribution >= 0.6 is 0 Å². The van der Waals surface area contributed by atoms with Crippen LogP contribution in [-0.2, 0) is 14.8 Å². The second-order valence-corrected chi connectivity index (χ2v) is 8.75. The fourth-order valence-electron chi connectivity index (χ4n) is 3.53. The minimum atomic E-state index is -3.81. The predicted molar refractivity (Wildman–Crippen MR) is 110 cm³/mol. The van der Waals surface area contributed by atoms with E-state index in [1.54, 1.807) is 36.4 Å². The first-order valence-corrected chi connectivity index (χ1v) is 11.0. The summed E-state index contributed by atoms with van der Waals surface area (Å²) in [5.74, 6) is 0.990. The van der Waals surface area contributed by atoms with Crippen molar-refractivity contribution >= 4 is 27.3 Å². The molecule has 0 atom stereocenters. The molecule has 2 aromatic carbocycles. The van der Waals surface area contributed by atoms with Crippen LogP contribution in [0.4, 0.5) is 11.4 Å². The van der Waals surface area contributed by atoms with Gasteiger partial charge < -0.3 is 10.1 Å². The first-order valence-electron chi connectivity index (χ1n) is 9.54. The summed E-state index contributed by atoms with van der Waals surface area (Å²) in [5.41, 5.74) is 0.829. The lowest BCUT2D eigenvalue weighted by Crippen LogP contribution is -2.15. The third-order valence-electron chi connectivity index (χ3n) is 5.03. The standard InChI is InChI=1S/C21H26N2O4S/c1-27-20-12-5-4-11-19(20)23-28(25,26)18-10-6-9-17(15-18)22-21(24)14-13-16-7-2-3-8-16/h4-6,9-12,15-16,23H,2-3,7-8,13-14H2,1H3,(H,22,24). The van der Waals surface area contributed by atoms with E-state index in [0.717, 1.165) is 6.42 Å². The van der Waals surface area contributed by atoms with E-state index in [1.165, 1.54) is 44.9 Å². The molecule has 150 valence electrons. The molecular weight excluding hydrogens is 376 g/mol. The fourth-order valence-corrected chi connectivity index (χ4v) is 4.65. The number of methoxy groups -OCH3 is 1. The molecule has 0 bridgehead atoms. The quantitative estimate of drug-likeness (QED) is 0.685. The van der Waals surface area contributed by atoms with E-state index in [9.17, 15) is 13.2 Å². The molecule has 7 heteroatoms. The molecule has 1 fully saturated rings. The van der Waals surface area contributed by atoms with Gasteiger partial charge in [-0.05, 0) is 42.7 Å². The largest absolute Gasteiger partial charge is 0.495 e. The molecule has 1 amide bonds. The van der Waals surface area contributed by atoms with Gasteiger partial charge in [-0.1, -0.05) is 43.9 Å². The first-order chi connectivity index (χ1) is 13.5. The van der Waals surface area contributed by atoms with Gasteiger partial charge in [0.1, 0.15) is 5.75 Å². The minimum absolute atomic E-state index is 0.0759. The smallest absolute Gasteiger partial charge is 0.262 e. The van der Waals surface area contributed by atoms with Gasteiger partial charge in [0.25, 0.3) is 10.0 Å². The Morgan fingerprint density at radius 2 is 1.86 bits per heavy atom. The Morgan fingerprint density at radius 3 is 2.61 bits per heavy atom. The summed E-state index contributed by atoms with van der Waals surface area (Å²) in [4.78, 5) is 12.3. The van der Waals surface area contributed by atoms with Crippen LogP contribution in [0.2, 0.25) is 0 Å². The topological polar surface area (TPSA) is 84.5 Å². The van der Waals surface area contributed by atoms with Crippen LogP contribution in [0, 0.1) is 5.92 Å². The van der Waals surface area contributed by atoms with Gasteiger partial charge in [-0.15, -0.1) is 0 Å². The maximum Gasteiger partial charge on any atom is 0.262 e. The van der Waals surface area contributed by atoms with Crippen molar-refractivity contribution in [2.45, 2.75) is 43.4 Å². The monoisotopic (exact) mass is 402 g/mol. The number of anilines is 2. The highest BCUT2D eigenvalue weighted by Gasteiger charge is 2.18. The van der Waals surface area contributed by atoms with Gasteiger partial charge in [-0.2, -0.15) is 0 Å². The Hall–Kier alpha value is -2.54. The molecular formula is C21H26N2O4S. The summed E-state index contributed by atoms with van der Waals surface area (Å²) in [6.45, 7) is 0. The number of hydrogen-bond acceptors (Lipinski definition) is 4. The van der Waals surface area contributed by atoms with E-state index < -0.39 is 10.0 Å². The van der Waals surface area contributed by atoms with Crippen LogP contribution in [0.3, 0.4) is 0 Å². The van der Waals surface area contributed by atoms with Crippen LogP contribution in [0.5, 0.6) is 5.75 Å². The van der Waals surface area contributed by atoms with Crippen molar-refractivity contribution in [1.29, 1.82) is 0 Å². The first kappa shape index (κ1) is 20.2. The summed E-state index contributed by atoms with van der Waals surface area (Å²) < 4.78 is 33.2. The van der Waals surface area contributed by atoms with Crippen LogP contribution in [-0.4, -0.2) is 21.4 Å². The van der Waals surface area contributed by atoms with Gasteiger partial charge in [-0.25, -0.2) is 8.42 Å². The molecule has 0 heterocycles. The summed E-state index contributed by atoms with van der Waals surface area (Å²) in [5, 5.41) is 2.81. The summed E-state index contributed by atoms with van der Waals surface area (Å²) >= 11 is 0. The van der Waals surface area contributed by atoms with Gasteiger partial charge in [0.05, 0.1) is 17.7 Å². The molecule has 0 saturated heterocycles. The molecule has 2 aromatic rings. The SMILES string of the molecule is COc1ccccc1NS(=O)(=O)c1cccc(NC(=O)CCC2CCCC2)c1. The lowest BCUT2D eigenvalue weighted by molar-refractivity contribution is -0.116. The Bertz CT molecular complexity index is 922. The molecule has 1 aliphatic rings. The van der Waals surface area contributed by atoms with Gasteiger partial charge in [0.15, 0.2) is 0 Å². The molecule has 2 N–H and O–H groups in total. The highest BCUT2D eigenvalue weighted by atomic mass is 32.2. The Morgan fingerprint density at radius 1 is 1.11 bits per heavy atom. The van der Waals surface area contributed by atoms with E-state index in [4.69, 9.17) is 4.74 Å². The zero-order valence-electron chi connectivity index (χ0n) is 16.0. The molecule has 3 rings (SSSR count). The highest BCUT2D eigenvalue weighted by molar-refractivity contribution is 7.92. The Balaban J connectivity index is 1.66. The van der Waals surface area contributed by atoms with Crippen molar-refractivity contribution in [3.8, 4) is 5.75 Å². The second-order valence-electron chi connectivity index (χ2n) is 7.07. The van der Waals surface area contributed by atoms with Gasteiger partial charge in [-0.3, -0.25) is 9.52 Å². The number of sulfonamides is 1. The zero-order valence-corrected chi connectivity index (χ0v) is 16.8. The van der Waals surface area contributed by atoms with Crippen molar-refractivity contribution in [3.63, 3.8) is 0 Å². The summed E-state index contributed by atoms with van der Waals surface area (Å²) in [6, 6.07) is 13.1. The number of hydrogen-bond donors (Lipinski definition) is 2. The fraction of sp³-hybridized carbons (Fsp3) is 0.381. The van der Waals surface area contributed by atoms with Crippen molar-refractivity contribution in [3.05, 3.63) is 48.5 Å². The van der Waals surface area contributed by atoms with Gasteiger partial charge >= 0.3 is 0 Å². The van der Waals surface area contributed by atoms with E-state index >= 15 is 0 Å².